The van der Waals surface area contributed by atoms with E-state index in [1.165, 1.54) is 0 Å². The van der Waals surface area contributed by atoms with Gasteiger partial charge in [-0.15, -0.1) is 11.8 Å². The molecular weight excluding hydrogens is 190 g/mol. The third-order valence-corrected chi connectivity index (χ3v) is 2.15. The van der Waals surface area contributed by atoms with Crippen molar-refractivity contribution in [1.29, 1.82) is 0 Å². The van der Waals surface area contributed by atoms with Gasteiger partial charge in [-0.05, 0) is 13.0 Å². The Balaban J connectivity index is 2.96. The molecule has 3 nitrogen and oxygen atoms in total. The van der Waals surface area contributed by atoms with Crippen LogP contribution in [-0.2, 0) is 0 Å². The average Bonchev–Trinajstić information content (AvgIpc) is 2.26. The minimum Gasteiger partial charge on any atom is -0.495 e. The van der Waals surface area contributed by atoms with Gasteiger partial charge in [0.25, 0.3) is 0 Å². The van der Waals surface area contributed by atoms with Crippen LogP contribution in [0.4, 0.5) is 5.69 Å². The maximum absolute atomic E-state index is 9.81. The van der Waals surface area contributed by atoms with Gasteiger partial charge in [0.1, 0.15) is 5.75 Å². The topological polar surface area (TPSA) is 55.5 Å². The van der Waals surface area contributed by atoms with Crippen molar-refractivity contribution >= 4 is 5.69 Å². The molecule has 0 amide bonds. The molecule has 80 valence electrons. The van der Waals surface area contributed by atoms with Crippen LogP contribution in [0.3, 0.4) is 0 Å². The molecule has 1 unspecified atom stereocenters. The van der Waals surface area contributed by atoms with Gasteiger partial charge in [0.15, 0.2) is 0 Å². The van der Waals surface area contributed by atoms with Gasteiger partial charge in [-0.2, -0.15) is 0 Å². The predicted octanol–water partition coefficient (Wildman–Crippen LogP) is 1.72. The summed E-state index contributed by atoms with van der Waals surface area (Å²) < 4.78 is 5.07. The van der Waals surface area contributed by atoms with Crippen molar-refractivity contribution in [2.45, 2.75) is 19.4 Å². The fourth-order valence-electron chi connectivity index (χ4n) is 1.34. The van der Waals surface area contributed by atoms with Crippen LogP contribution < -0.4 is 10.5 Å². The van der Waals surface area contributed by atoms with Gasteiger partial charge in [0.2, 0.25) is 0 Å². The summed E-state index contributed by atoms with van der Waals surface area (Å²) in [5, 5.41) is 9.81. The highest BCUT2D eigenvalue weighted by molar-refractivity contribution is 5.59. The zero-order valence-electron chi connectivity index (χ0n) is 8.95. The molecule has 0 saturated carbocycles. The Morgan fingerprint density at radius 2 is 2.27 bits per heavy atom. The molecule has 0 aliphatic heterocycles. The molecular formula is C12H15NO2. The minimum atomic E-state index is -0.660. The summed E-state index contributed by atoms with van der Waals surface area (Å²) in [4.78, 5) is 0. The van der Waals surface area contributed by atoms with Crippen LogP contribution in [0.25, 0.3) is 0 Å². The van der Waals surface area contributed by atoms with E-state index in [9.17, 15) is 5.11 Å². The number of nitrogens with two attached hydrogens (primary N) is 1. The summed E-state index contributed by atoms with van der Waals surface area (Å²) in [7, 11) is 1.55. The quantitative estimate of drug-likeness (QED) is 0.583. The zero-order valence-corrected chi connectivity index (χ0v) is 8.95. The third kappa shape index (κ3) is 2.64. The molecule has 15 heavy (non-hydrogen) atoms. The molecule has 1 aromatic carbocycles. The normalized spacial score (nSPS) is 11.4. The van der Waals surface area contributed by atoms with Crippen LogP contribution in [0, 0.1) is 11.8 Å². The van der Waals surface area contributed by atoms with Crippen molar-refractivity contribution in [2.24, 2.45) is 0 Å². The molecule has 1 rings (SSSR count). The lowest BCUT2D eigenvalue weighted by molar-refractivity contribution is 0.184. The Bertz CT molecular complexity index is 390. The van der Waals surface area contributed by atoms with E-state index in [0.717, 1.165) is 0 Å². The van der Waals surface area contributed by atoms with Crippen LogP contribution >= 0.6 is 0 Å². The van der Waals surface area contributed by atoms with E-state index >= 15 is 0 Å². The molecule has 0 aliphatic rings. The van der Waals surface area contributed by atoms with Crippen LogP contribution in [0.15, 0.2) is 18.2 Å². The van der Waals surface area contributed by atoms with Crippen molar-refractivity contribution < 1.29 is 9.84 Å². The molecule has 1 aromatic rings. The van der Waals surface area contributed by atoms with Crippen molar-refractivity contribution in [2.75, 3.05) is 12.8 Å². The SMILES string of the molecule is CC#CCC(O)c1cccc(OC)c1N. The van der Waals surface area contributed by atoms with E-state index in [1.807, 2.05) is 0 Å². The fraction of sp³-hybridized carbons (Fsp3) is 0.333. The van der Waals surface area contributed by atoms with Crippen molar-refractivity contribution in [3.8, 4) is 17.6 Å². The van der Waals surface area contributed by atoms with Gasteiger partial charge in [0, 0.05) is 12.0 Å². The Kier molecular flexibility index (Phi) is 4.02. The lowest BCUT2D eigenvalue weighted by Crippen LogP contribution is -2.03. The smallest absolute Gasteiger partial charge is 0.142 e. The van der Waals surface area contributed by atoms with Gasteiger partial charge >= 0.3 is 0 Å². The summed E-state index contributed by atoms with van der Waals surface area (Å²) in [5.41, 5.74) is 6.97. The fourth-order valence-corrected chi connectivity index (χ4v) is 1.34. The highest BCUT2D eigenvalue weighted by Crippen LogP contribution is 2.30. The number of benzene rings is 1. The first-order valence-corrected chi connectivity index (χ1v) is 4.70. The summed E-state index contributed by atoms with van der Waals surface area (Å²) in [6, 6.07) is 5.34. The Morgan fingerprint density at radius 1 is 1.53 bits per heavy atom. The number of rotatable bonds is 3. The van der Waals surface area contributed by atoms with E-state index in [1.54, 1.807) is 32.2 Å². The van der Waals surface area contributed by atoms with Crippen molar-refractivity contribution in [1.82, 2.24) is 0 Å². The number of aliphatic hydroxyl groups is 1. The van der Waals surface area contributed by atoms with E-state index < -0.39 is 6.10 Å². The van der Waals surface area contributed by atoms with Crippen LogP contribution in [-0.4, -0.2) is 12.2 Å². The lowest BCUT2D eigenvalue weighted by Gasteiger charge is -2.13. The summed E-state index contributed by atoms with van der Waals surface area (Å²) in [6.07, 6.45) is -0.277. The van der Waals surface area contributed by atoms with Gasteiger partial charge in [-0.1, -0.05) is 12.1 Å². The average molecular weight is 205 g/mol. The van der Waals surface area contributed by atoms with Crippen molar-refractivity contribution in [3.63, 3.8) is 0 Å². The van der Waals surface area contributed by atoms with Gasteiger partial charge in [-0.25, -0.2) is 0 Å². The summed E-state index contributed by atoms with van der Waals surface area (Å²) in [6.45, 7) is 1.74. The van der Waals surface area contributed by atoms with Crippen LogP contribution in [0.5, 0.6) is 5.75 Å². The highest BCUT2D eigenvalue weighted by atomic mass is 16.5. The second-order valence-corrected chi connectivity index (χ2v) is 3.11. The Labute approximate surface area is 89.9 Å². The molecule has 0 spiro atoms. The summed E-state index contributed by atoms with van der Waals surface area (Å²) >= 11 is 0. The Hall–Kier alpha value is -1.66. The Morgan fingerprint density at radius 3 is 2.87 bits per heavy atom. The lowest BCUT2D eigenvalue weighted by atomic mass is 10.0. The monoisotopic (exact) mass is 205 g/mol. The molecule has 1 atom stereocenters. The summed E-state index contributed by atoms with van der Waals surface area (Å²) in [5.74, 6) is 6.13. The zero-order chi connectivity index (χ0) is 11.3. The number of hydrogen-bond acceptors (Lipinski definition) is 3. The molecule has 3 heteroatoms. The number of hydrogen-bond donors (Lipinski definition) is 2. The maximum atomic E-state index is 9.81. The third-order valence-electron chi connectivity index (χ3n) is 2.15. The number of aliphatic hydroxyl groups excluding tert-OH is 1. The molecule has 0 bridgehead atoms. The number of nitrogen functional groups attached to an aromatic ring is 1. The molecule has 0 fully saturated rings. The largest absolute Gasteiger partial charge is 0.495 e. The minimum absolute atomic E-state index is 0.383. The van der Waals surface area contributed by atoms with E-state index in [-0.39, 0.29) is 0 Å². The number of ether oxygens (including phenoxy) is 1. The second-order valence-electron chi connectivity index (χ2n) is 3.11. The molecule has 0 saturated heterocycles. The standard InChI is InChI=1S/C12H15NO2/c1-3-4-7-10(14)9-6-5-8-11(15-2)12(9)13/h5-6,8,10,14H,7,13H2,1-2H3. The van der Waals surface area contributed by atoms with E-state index in [0.29, 0.717) is 23.4 Å². The molecule has 0 radical (unpaired) electrons. The van der Waals surface area contributed by atoms with Crippen molar-refractivity contribution in [3.05, 3.63) is 23.8 Å². The predicted molar refractivity (Wildman–Crippen MR) is 60.4 cm³/mol. The molecule has 0 aliphatic carbocycles. The first kappa shape index (κ1) is 11.4. The first-order valence-electron chi connectivity index (χ1n) is 4.70. The van der Waals surface area contributed by atoms with Gasteiger partial charge in [0.05, 0.1) is 18.9 Å². The highest BCUT2D eigenvalue weighted by Gasteiger charge is 2.12. The molecule has 0 heterocycles. The maximum Gasteiger partial charge on any atom is 0.142 e. The van der Waals surface area contributed by atoms with E-state index in [4.69, 9.17) is 10.5 Å². The number of para-hydroxylation sites is 1. The first-order chi connectivity index (χ1) is 7.20. The molecule has 0 aromatic heterocycles. The van der Waals surface area contributed by atoms with E-state index in [2.05, 4.69) is 11.8 Å². The van der Waals surface area contributed by atoms with Gasteiger partial charge < -0.3 is 15.6 Å². The van der Waals surface area contributed by atoms with Crippen LogP contribution in [0.1, 0.15) is 25.0 Å². The van der Waals surface area contributed by atoms with Gasteiger partial charge in [-0.3, -0.25) is 0 Å². The van der Waals surface area contributed by atoms with Crippen LogP contribution in [0.2, 0.25) is 0 Å². The second kappa shape index (κ2) is 5.28. The number of methoxy groups -OCH3 is 1. The molecule has 3 N–H and O–H groups in total. The number of anilines is 1.